The monoisotopic (exact) mass is 217 g/mol. The van der Waals surface area contributed by atoms with Crippen molar-refractivity contribution in [3.8, 4) is 0 Å². The highest BCUT2D eigenvalue weighted by Gasteiger charge is 2.39. The summed E-state index contributed by atoms with van der Waals surface area (Å²) >= 11 is 0. The Balaban J connectivity index is 1.72. The van der Waals surface area contributed by atoms with Crippen LogP contribution >= 0.6 is 0 Å². The Kier molecular flexibility index (Phi) is 2.65. The minimum absolute atomic E-state index is 0.428. The van der Waals surface area contributed by atoms with E-state index in [-0.39, 0.29) is 0 Å². The van der Waals surface area contributed by atoms with Gasteiger partial charge in [0.1, 0.15) is 0 Å². The quantitative estimate of drug-likeness (QED) is 0.817. The van der Waals surface area contributed by atoms with Crippen LogP contribution in [0.1, 0.15) is 31.4 Å². The first kappa shape index (κ1) is 10.2. The second-order valence-electron chi connectivity index (χ2n) is 5.11. The molecule has 86 valence electrons. The predicted molar refractivity (Wildman–Crippen MR) is 63.8 cm³/mol. The van der Waals surface area contributed by atoms with Gasteiger partial charge in [0, 0.05) is 30.9 Å². The summed E-state index contributed by atoms with van der Waals surface area (Å²) < 4.78 is 0. The van der Waals surface area contributed by atoms with E-state index in [2.05, 4.69) is 22.0 Å². The molecule has 2 bridgehead atoms. The molecule has 3 heterocycles. The maximum absolute atomic E-state index is 6.07. The number of rotatable bonds is 2. The Labute approximate surface area is 96.7 Å². The van der Waals surface area contributed by atoms with Gasteiger partial charge in [0.05, 0.1) is 5.69 Å². The Morgan fingerprint density at radius 3 is 2.62 bits per heavy atom. The van der Waals surface area contributed by atoms with Gasteiger partial charge >= 0.3 is 0 Å². The zero-order valence-electron chi connectivity index (χ0n) is 9.55. The summed E-state index contributed by atoms with van der Waals surface area (Å²) in [6.45, 7) is 1.00. The minimum atomic E-state index is 0.428. The van der Waals surface area contributed by atoms with Crippen LogP contribution in [0.5, 0.6) is 0 Å². The van der Waals surface area contributed by atoms with Crippen LogP contribution in [0.15, 0.2) is 24.4 Å². The largest absolute Gasteiger partial charge is 0.328 e. The van der Waals surface area contributed by atoms with Crippen molar-refractivity contribution in [3.63, 3.8) is 0 Å². The molecule has 2 saturated heterocycles. The molecule has 3 rings (SSSR count). The fourth-order valence-corrected chi connectivity index (χ4v) is 3.25. The molecule has 0 saturated carbocycles. The molecule has 3 atom stereocenters. The van der Waals surface area contributed by atoms with Crippen molar-refractivity contribution in [2.24, 2.45) is 5.73 Å². The number of pyridine rings is 1. The number of nitrogens with two attached hydrogens (primary N) is 1. The first-order valence-corrected chi connectivity index (χ1v) is 6.24. The second kappa shape index (κ2) is 4.15. The topological polar surface area (TPSA) is 42.1 Å². The molecule has 1 unspecified atom stereocenters. The Morgan fingerprint density at radius 2 is 2.00 bits per heavy atom. The van der Waals surface area contributed by atoms with Crippen molar-refractivity contribution in [1.29, 1.82) is 0 Å². The van der Waals surface area contributed by atoms with E-state index in [0.29, 0.717) is 18.1 Å². The van der Waals surface area contributed by atoms with Crippen LogP contribution in [-0.2, 0) is 6.54 Å². The molecule has 16 heavy (non-hydrogen) atoms. The van der Waals surface area contributed by atoms with Crippen LogP contribution in [0.2, 0.25) is 0 Å². The zero-order chi connectivity index (χ0) is 11.0. The lowest BCUT2D eigenvalue weighted by molar-refractivity contribution is 0.118. The van der Waals surface area contributed by atoms with Gasteiger partial charge in [-0.25, -0.2) is 0 Å². The third kappa shape index (κ3) is 1.85. The Morgan fingerprint density at radius 1 is 1.25 bits per heavy atom. The summed E-state index contributed by atoms with van der Waals surface area (Å²) in [5.74, 6) is 0. The number of piperidine rings is 1. The minimum Gasteiger partial charge on any atom is -0.328 e. The Hall–Kier alpha value is -0.930. The van der Waals surface area contributed by atoms with Crippen LogP contribution in [0, 0.1) is 0 Å². The molecule has 0 radical (unpaired) electrons. The van der Waals surface area contributed by atoms with E-state index < -0.39 is 0 Å². The summed E-state index contributed by atoms with van der Waals surface area (Å²) in [4.78, 5) is 7.03. The standard InChI is InChI=1S/C13H19N3/c14-10-7-12-4-5-13(8-10)16(12)9-11-3-1-2-6-15-11/h1-3,6,10,12-13H,4-5,7-9,14H2/t10?,12-,13+. The van der Waals surface area contributed by atoms with Crippen molar-refractivity contribution in [1.82, 2.24) is 9.88 Å². The number of aromatic nitrogens is 1. The van der Waals surface area contributed by atoms with Gasteiger partial charge in [-0.05, 0) is 37.8 Å². The molecular formula is C13H19N3. The highest BCUT2D eigenvalue weighted by atomic mass is 15.2. The van der Waals surface area contributed by atoms with Crippen LogP contribution in [0.25, 0.3) is 0 Å². The average Bonchev–Trinajstić information content (AvgIpc) is 2.54. The van der Waals surface area contributed by atoms with Crippen molar-refractivity contribution < 1.29 is 0 Å². The molecule has 0 aromatic carbocycles. The van der Waals surface area contributed by atoms with Crippen molar-refractivity contribution >= 4 is 0 Å². The average molecular weight is 217 g/mol. The summed E-state index contributed by atoms with van der Waals surface area (Å²) in [6, 6.07) is 8.00. The lowest BCUT2D eigenvalue weighted by Gasteiger charge is -2.37. The predicted octanol–water partition coefficient (Wildman–Crippen LogP) is 1.54. The van der Waals surface area contributed by atoms with Gasteiger partial charge in [-0.1, -0.05) is 6.07 Å². The maximum atomic E-state index is 6.07. The van der Waals surface area contributed by atoms with E-state index in [0.717, 1.165) is 6.54 Å². The smallest absolute Gasteiger partial charge is 0.0544 e. The van der Waals surface area contributed by atoms with Gasteiger partial charge in [0.2, 0.25) is 0 Å². The second-order valence-corrected chi connectivity index (χ2v) is 5.11. The molecule has 2 fully saturated rings. The van der Waals surface area contributed by atoms with Gasteiger partial charge in [0.15, 0.2) is 0 Å². The van der Waals surface area contributed by atoms with Crippen LogP contribution in [-0.4, -0.2) is 28.0 Å². The number of hydrogen-bond donors (Lipinski definition) is 1. The number of fused-ring (bicyclic) bond motifs is 2. The van der Waals surface area contributed by atoms with Crippen LogP contribution in [0.3, 0.4) is 0 Å². The third-order valence-corrected chi connectivity index (χ3v) is 3.99. The van der Waals surface area contributed by atoms with E-state index in [9.17, 15) is 0 Å². The Bertz CT molecular complexity index is 337. The lowest BCUT2D eigenvalue weighted by Crippen LogP contribution is -2.46. The highest BCUT2D eigenvalue weighted by molar-refractivity contribution is 5.06. The molecule has 3 nitrogen and oxygen atoms in total. The number of nitrogens with zero attached hydrogens (tertiary/aromatic N) is 2. The molecule has 1 aromatic heterocycles. The zero-order valence-corrected chi connectivity index (χ0v) is 9.55. The lowest BCUT2D eigenvalue weighted by atomic mass is 9.98. The number of hydrogen-bond acceptors (Lipinski definition) is 3. The first-order valence-electron chi connectivity index (χ1n) is 6.24. The van der Waals surface area contributed by atoms with Gasteiger partial charge in [-0.2, -0.15) is 0 Å². The summed E-state index contributed by atoms with van der Waals surface area (Å²) in [5, 5.41) is 0. The van der Waals surface area contributed by atoms with E-state index in [1.54, 1.807) is 0 Å². The fraction of sp³-hybridized carbons (Fsp3) is 0.615. The molecule has 1 aromatic rings. The molecule has 0 amide bonds. The maximum Gasteiger partial charge on any atom is 0.0544 e. The SMILES string of the molecule is NC1C[C@H]2CC[C@@H](C1)N2Cc1ccccn1. The normalized spacial score (nSPS) is 34.2. The van der Waals surface area contributed by atoms with Crippen molar-refractivity contribution in [2.45, 2.75) is 50.4 Å². The van der Waals surface area contributed by atoms with E-state index >= 15 is 0 Å². The first-order chi connectivity index (χ1) is 7.83. The van der Waals surface area contributed by atoms with E-state index in [1.165, 1.54) is 31.4 Å². The highest BCUT2D eigenvalue weighted by Crippen LogP contribution is 2.35. The van der Waals surface area contributed by atoms with E-state index in [1.807, 2.05) is 12.3 Å². The van der Waals surface area contributed by atoms with Gasteiger partial charge in [-0.3, -0.25) is 9.88 Å². The molecule has 2 aliphatic heterocycles. The van der Waals surface area contributed by atoms with Crippen molar-refractivity contribution in [2.75, 3.05) is 0 Å². The third-order valence-electron chi connectivity index (χ3n) is 3.99. The van der Waals surface area contributed by atoms with E-state index in [4.69, 9.17) is 5.73 Å². The summed E-state index contributed by atoms with van der Waals surface area (Å²) in [7, 11) is 0. The molecule has 3 heteroatoms. The van der Waals surface area contributed by atoms with Gasteiger partial charge in [-0.15, -0.1) is 0 Å². The molecule has 2 aliphatic rings. The molecule has 0 aliphatic carbocycles. The van der Waals surface area contributed by atoms with Gasteiger partial charge < -0.3 is 5.73 Å². The van der Waals surface area contributed by atoms with Gasteiger partial charge in [0.25, 0.3) is 0 Å². The van der Waals surface area contributed by atoms with Crippen LogP contribution in [0.4, 0.5) is 0 Å². The molecule has 2 N–H and O–H groups in total. The van der Waals surface area contributed by atoms with Crippen LogP contribution < -0.4 is 5.73 Å². The summed E-state index contributed by atoms with van der Waals surface area (Å²) in [5.41, 5.74) is 7.26. The molecule has 0 spiro atoms. The van der Waals surface area contributed by atoms with Crippen molar-refractivity contribution in [3.05, 3.63) is 30.1 Å². The summed E-state index contributed by atoms with van der Waals surface area (Å²) in [6.07, 6.45) is 6.87. The fourth-order valence-electron chi connectivity index (χ4n) is 3.25. The molecular weight excluding hydrogens is 198 g/mol.